The molecule has 34 heavy (non-hydrogen) atoms. The van der Waals surface area contributed by atoms with E-state index in [1.54, 1.807) is 55.5 Å². The summed E-state index contributed by atoms with van der Waals surface area (Å²) in [4.78, 5) is 15.0. The number of ether oxygens (including phenoxy) is 2. The Morgan fingerprint density at radius 3 is 2.44 bits per heavy atom. The van der Waals surface area contributed by atoms with Crippen LogP contribution in [0.3, 0.4) is 0 Å². The number of carbonyl (C=O) groups excluding carboxylic acids is 1. The molecule has 3 aromatic rings. The van der Waals surface area contributed by atoms with Crippen molar-refractivity contribution in [2.24, 2.45) is 0 Å². The maximum atomic E-state index is 13.0. The van der Waals surface area contributed by atoms with Crippen molar-refractivity contribution in [1.29, 1.82) is 0 Å². The van der Waals surface area contributed by atoms with Gasteiger partial charge in [-0.05, 0) is 73.4 Å². The summed E-state index contributed by atoms with van der Waals surface area (Å²) >= 11 is 0. The van der Waals surface area contributed by atoms with Crippen molar-refractivity contribution in [2.45, 2.75) is 30.7 Å². The Bertz CT molecular complexity index is 1290. The number of amides is 1. The van der Waals surface area contributed by atoms with E-state index in [-0.39, 0.29) is 23.4 Å². The van der Waals surface area contributed by atoms with Gasteiger partial charge in [0, 0.05) is 23.8 Å². The Hall–Kier alpha value is -3.36. The third kappa shape index (κ3) is 4.78. The predicted octanol–water partition coefficient (Wildman–Crippen LogP) is 3.82. The van der Waals surface area contributed by atoms with E-state index in [1.165, 1.54) is 0 Å². The second-order valence-corrected chi connectivity index (χ2v) is 9.99. The molecule has 7 nitrogen and oxygen atoms in total. The second-order valence-electron chi connectivity index (χ2n) is 8.22. The fraction of sp³-hybridized carbons (Fsp3) is 0.269. The molecule has 8 heteroatoms. The maximum absolute atomic E-state index is 13.0. The summed E-state index contributed by atoms with van der Waals surface area (Å²) in [5.41, 5.74) is 3.14. The standard InChI is InChI=1S/C26H28N2O5S/c1-18-15-21-17-22(10-11-23(21)28(18)26(29)20-7-5-4-6-8-20)34(30,31)27-14-13-19-9-12-24(32-2)25(16-19)33-3/h4-12,16-18,27H,13-15H2,1-3H3/t18-/m0/s1. The molecule has 178 valence electrons. The quantitative estimate of drug-likeness (QED) is 0.530. The molecule has 0 aliphatic carbocycles. The van der Waals surface area contributed by atoms with E-state index < -0.39 is 10.0 Å². The molecule has 0 radical (unpaired) electrons. The van der Waals surface area contributed by atoms with Crippen LogP contribution in [0.5, 0.6) is 11.5 Å². The average molecular weight is 481 g/mol. The number of carbonyl (C=O) groups is 1. The molecule has 0 saturated heterocycles. The van der Waals surface area contributed by atoms with Crippen LogP contribution in [0.15, 0.2) is 71.6 Å². The zero-order valence-electron chi connectivity index (χ0n) is 19.4. The van der Waals surface area contributed by atoms with Gasteiger partial charge in [-0.3, -0.25) is 4.79 Å². The van der Waals surface area contributed by atoms with Crippen molar-refractivity contribution in [2.75, 3.05) is 25.7 Å². The molecule has 0 aromatic heterocycles. The lowest BCUT2D eigenvalue weighted by atomic mass is 10.1. The highest BCUT2D eigenvalue weighted by atomic mass is 32.2. The minimum absolute atomic E-state index is 0.0568. The van der Waals surface area contributed by atoms with E-state index >= 15 is 0 Å². The molecule has 0 fully saturated rings. The number of sulfonamides is 1. The SMILES string of the molecule is COc1ccc(CCNS(=O)(=O)c2ccc3c(c2)C[C@H](C)N3C(=O)c2ccccc2)cc1OC. The van der Waals surface area contributed by atoms with E-state index in [1.807, 2.05) is 37.3 Å². The van der Waals surface area contributed by atoms with Crippen LogP contribution >= 0.6 is 0 Å². The number of anilines is 1. The summed E-state index contributed by atoms with van der Waals surface area (Å²) < 4.78 is 39.1. The molecule has 1 N–H and O–H groups in total. The van der Waals surface area contributed by atoms with Gasteiger partial charge in [0.2, 0.25) is 10.0 Å². The zero-order valence-corrected chi connectivity index (χ0v) is 20.3. The molecule has 3 aromatic carbocycles. The first-order valence-corrected chi connectivity index (χ1v) is 12.5. The lowest BCUT2D eigenvalue weighted by Crippen LogP contribution is -2.35. The smallest absolute Gasteiger partial charge is 0.258 e. The Kier molecular flexibility index (Phi) is 6.90. The normalized spacial score (nSPS) is 15.1. The molecule has 0 unspecified atom stereocenters. The second kappa shape index (κ2) is 9.87. The van der Waals surface area contributed by atoms with Gasteiger partial charge in [0.15, 0.2) is 11.5 Å². The van der Waals surface area contributed by atoms with E-state index in [4.69, 9.17) is 9.47 Å². The van der Waals surface area contributed by atoms with Crippen LogP contribution in [0.2, 0.25) is 0 Å². The number of hydrogen-bond acceptors (Lipinski definition) is 5. The minimum atomic E-state index is -3.70. The number of benzene rings is 3. The van der Waals surface area contributed by atoms with Gasteiger partial charge in [0.1, 0.15) is 0 Å². The highest BCUT2D eigenvalue weighted by Gasteiger charge is 2.32. The van der Waals surface area contributed by atoms with E-state index in [2.05, 4.69) is 4.72 Å². The van der Waals surface area contributed by atoms with Crippen molar-refractivity contribution < 1.29 is 22.7 Å². The third-order valence-electron chi connectivity index (χ3n) is 5.97. The van der Waals surface area contributed by atoms with Crippen LogP contribution in [0.25, 0.3) is 0 Å². The molecular formula is C26H28N2O5S. The molecule has 1 aliphatic heterocycles. The molecule has 0 bridgehead atoms. The minimum Gasteiger partial charge on any atom is -0.493 e. The summed E-state index contributed by atoms with van der Waals surface area (Å²) in [5, 5.41) is 0. The molecule has 1 heterocycles. The van der Waals surface area contributed by atoms with Crippen LogP contribution in [-0.4, -0.2) is 41.1 Å². The van der Waals surface area contributed by atoms with Crippen molar-refractivity contribution in [3.05, 3.63) is 83.4 Å². The lowest BCUT2D eigenvalue weighted by Gasteiger charge is -2.23. The Labute approximate surface area is 200 Å². The number of fused-ring (bicyclic) bond motifs is 1. The number of methoxy groups -OCH3 is 2. The Balaban J connectivity index is 1.47. The van der Waals surface area contributed by atoms with Crippen molar-refractivity contribution >= 4 is 21.6 Å². The Morgan fingerprint density at radius 1 is 1.00 bits per heavy atom. The first-order chi connectivity index (χ1) is 16.3. The highest BCUT2D eigenvalue weighted by molar-refractivity contribution is 7.89. The molecule has 1 amide bonds. The van der Waals surface area contributed by atoms with E-state index in [9.17, 15) is 13.2 Å². The van der Waals surface area contributed by atoms with Gasteiger partial charge in [-0.15, -0.1) is 0 Å². The average Bonchev–Trinajstić information content (AvgIpc) is 3.18. The summed E-state index contributed by atoms with van der Waals surface area (Å²) in [6, 6.07) is 19.5. The lowest BCUT2D eigenvalue weighted by molar-refractivity contribution is 0.0981. The molecule has 1 atom stereocenters. The van der Waals surface area contributed by atoms with Crippen molar-refractivity contribution in [3.8, 4) is 11.5 Å². The van der Waals surface area contributed by atoms with Gasteiger partial charge in [-0.2, -0.15) is 0 Å². The zero-order chi connectivity index (χ0) is 24.3. The molecular weight excluding hydrogens is 452 g/mol. The van der Waals surface area contributed by atoms with Gasteiger partial charge in [0.05, 0.1) is 19.1 Å². The maximum Gasteiger partial charge on any atom is 0.258 e. The van der Waals surface area contributed by atoms with Crippen LogP contribution in [0, 0.1) is 0 Å². The van der Waals surface area contributed by atoms with Gasteiger partial charge < -0.3 is 14.4 Å². The van der Waals surface area contributed by atoms with Crippen molar-refractivity contribution in [1.82, 2.24) is 4.72 Å². The van der Waals surface area contributed by atoms with Crippen molar-refractivity contribution in [3.63, 3.8) is 0 Å². The molecule has 4 rings (SSSR count). The summed E-state index contributed by atoms with van der Waals surface area (Å²) in [6.45, 7) is 2.21. The molecule has 1 aliphatic rings. The number of hydrogen-bond donors (Lipinski definition) is 1. The predicted molar refractivity (Wildman–Crippen MR) is 131 cm³/mol. The van der Waals surface area contributed by atoms with E-state index in [0.717, 1.165) is 16.8 Å². The largest absolute Gasteiger partial charge is 0.493 e. The van der Waals surface area contributed by atoms with E-state index in [0.29, 0.717) is 29.9 Å². The fourth-order valence-electron chi connectivity index (χ4n) is 4.25. The molecule has 0 saturated carbocycles. The fourth-order valence-corrected chi connectivity index (χ4v) is 5.34. The third-order valence-corrected chi connectivity index (χ3v) is 7.43. The molecule has 0 spiro atoms. The summed E-state index contributed by atoms with van der Waals surface area (Å²) in [5.74, 6) is 1.14. The monoisotopic (exact) mass is 480 g/mol. The summed E-state index contributed by atoms with van der Waals surface area (Å²) in [7, 11) is -0.565. The van der Waals surface area contributed by atoms with Crippen LogP contribution in [0.1, 0.15) is 28.4 Å². The first kappa shape index (κ1) is 23.8. The number of rotatable bonds is 8. The number of nitrogens with one attached hydrogen (secondary N) is 1. The Morgan fingerprint density at radius 2 is 1.74 bits per heavy atom. The van der Waals surface area contributed by atoms with Gasteiger partial charge in [-0.25, -0.2) is 13.1 Å². The highest BCUT2D eigenvalue weighted by Crippen LogP contribution is 2.35. The van der Waals surface area contributed by atoms with Gasteiger partial charge >= 0.3 is 0 Å². The van der Waals surface area contributed by atoms with Crippen LogP contribution in [0.4, 0.5) is 5.69 Å². The first-order valence-electron chi connectivity index (χ1n) is 11.1. The summed E-state index contributed by atoms with van der Waals surface area (Å²) in [6.07, 6.45) is 1.10. The topological polar surface area (TPSA) is 84.9 Å². The van der Waals surface area contributed by atoms with Crippen LogP contribution < -0.4 is 19.1 Å². The number of nitrogens with zero attached hydrogens (tertiary/aromatic N) is 1. The van der Waals surface area contributed by atoms with Gasteiger partial charge in [-0.1, -0.05) is 24.3 Å². The van der Waals surface area contributed by atoms with Crippen LogP contribution in [-0.2, 0) is 22.9 Å². The van der Waals surface area contributed by atoms with Gasteiger partial charge in [0.25, 0.3) is 5.91 Å².